The van der Waals surface area contributed by atoms with Gasteiger partial charge in [0.15, 0.2) is 0 Å². The molecule has 2 N–H and O–H groups in total. The van der Waals surface area contributed by atoms with Gasteiger partial charge >= 0.3 is 0 Å². The lowest BCUT2D eigenvalue weighted by Crippen LogP contribution is -2.39. The number of carbonyl (C=O) groups is 1. The number of halogens is 2. The third-order valence-corrected chi connectivity index (χ3v) is 5.49. The Bertz CT molecular complexity index is 1060. The molecule has 1 aliphatic rings. The van der Waals surface area contributed by atoms with Crippen molar-refractivity contribution in [1.29, 1.82) is 0 Å². The minimum atomic E-state index is -0.560. The normalized spacial score (nSPS) is 15.1. The molecule has 0 spiro atoms. The van der Waals surface area contributed by atoms with Crippen LogP contribution in [-0.2, 0) is 4.79 Å². The summed E-state index contributed by atoms with van der Waals surface area (Å²) in [5.74, 6) is -0.796. The Kier molecular flexibility index (Phi) is 5.19. The number of benzene rings is 1. The number of carbonyl (C=O) groups excluding carboxylic acids is 1. The van der Waals surface area contributed by atoms with Crippen LogP contribution in [0.4, 0.5) is 8.78 Å². The van der Waals surface area contributed by atoms with Crippen LogP contribution in [0.5, 0.6) is 5.75 Å². The van der Waals surface area contributed by atoms with Crippen molar-refractivity contribution in [3.8, 4) is 16.9 Å². The lowest BCUT2D eigenvalue weighted by atomic mass is 9.93. The molecule has 29 heavy (non-hydrogen) atoms. The highest BCUT2D eigenvalue weighted by atomic mass is 19.1. The van der Waals surface area contributed by atoms with Gasteiger partial charge in [0.1, 0.15) is 29.6 Å². The van der Waals surface area contributed by atoms with Gasteiger partial charge in [-0.05, 0) is 37.1 Å². The van der Waals surface area contributed by atoms with Crippen LogP contribution in [0.3, 0.4) is 0 Å². The number of aromatic amines is 1. The quantitative estimate of drug-likeness (QED) is 0.704. The van der Waals surface area contributed by atoms with Gasteiger partial charge in [-0.25, -0.2) is 13.8 Å². The molecule has 0 aliphatic carbocycles. The van der Waals surface area contributed by atoms with Gasteiger partial charge in [-0.15, -0.1) is 0 Å². The maximum atomic E-state index is 14.8. The van der Waals surface area contributed by atoms with E-state index in [4.69, 9.17) is 9.84 Å². The van der Waals surface area contributed by atoms with Crippen molar-refractivity contribution in [2.45, 2.75) is 18.8 Å². The highest BCUT2D eigenvalue weighted by Gasteiger charge is 2.26. The third kappa shape index (κ3) is 3.55. The minimum Gasteiger partial charge on any atom is -0.496 e. The van der Waals surface area contributed by atoms with E-state index in [2.05, 4.69) is 9.97 Å². The maximum Gasteiger partial charge on any atom is 0.248 e. The Hall–Kier alpha value is -3.00. The summed E-state index contributed by atoms with van der Waals surface area (Å²) in [5.41, 5.74) is 1.97. The van der Waals surface area contributed by atoms with E-state index >= 15 is 0 Å². The number of nitrogens with one attached hydrogen (secondary N) is 1. The summed E-state index contributed by atoms with van der Waals surface area (Å²) >= 11 is 0. The van der Waals surface area contributed by atoms with Crippen LogP contribution in [0.25, 0.3) is 22.2 Å². The predicted octanol–water partition coefficient (Wildman–Crippen LogP) is 3.22. The molecule has 3 aromatic rings. The van der Waals surface area contributed by atoms with E-state index in [9.17, 15) is 13.6 Å². The molecule has 0 saturated carbocycles. The highest BCUT2D eigenvalue weighted by molar-refractivity contribution is 5.95. The van der Waals surface area contributed by atoms with Crippen LogP contribution in [-0.4, -0.2) is 52.7 Å². The average Bonchev–Trinajstić information content (AvgIpc) is 3.17. The van der Waals surface area contributed by atoms with Crippen LogP contribution >= 0.6 is 0 Å². The van der Waals surface area contributed by atoms with Crippen molar-refractivity contribution in [2.75, 3.05) is 26.8 Å². The van der Waals surface area contributed by atoms with Gasteiger partial charge < -0.3 is 19.7 Å². The van der Waals surface area contributed by atoms with E-state index in [1.165, 1.54) is 25.3 Å². The molecule has 1 fully saturated rings. The molecule has 0 radical (unpaired) electrons. The second-order valence-electron chi connectivity index (χ2n) is 7.13. The van der Waals surface area contributed by atoms with Gasteiger partial charge in [0.05, 0.1) is 13.3 Å². The first kappa shape index (κ1) is 19.3. The summed E-state index contributed by atoms with van der Waals surface area (Å²) in [5, 5.41) is 9.57. The molecule has 6 nitrogen and oxygen atoms in total. The molecule has 0 atom stereocenters. The molecule has 1 aliphatic heterocycles. The molecule has 1 aromatic carbocycles. The molecule has 1 saturated heterocycles. The standard InChI is InChI=1S/C21H21F2N3O3/c1-29-18-3-2-13(22)8-14(18)20-15-9-17(25-21(15)24-10-16(20)23)12-4-6-26(7-5-12)19(28)11-27/h2-3,8-10,12,27H,4-7,11H2,1H3,(H,24,25). The Labute approximate surface area is 166 Å². The number of hydrogen-bond acceptors (Lipinski definition) is 4. The number of aliphatic hydroxyl groups is 1. The molecule has 0 bridgehead atoms. The highest BCUT2D eigenvalue weighted by Crippen LogP contribution is 2.39. The van der Waals surface area contributed by atoms with Gasteiger partial charge in [0, 0.05) is 41.2 Å². The van der Waals surface area contributed by atoms with Gasteiger partial charge in [-0.3, -0.25) is 4.79 Å². The van der Waals surface area contributed by atoms with Crippen LogP contribution in [0.2, 0.25) is 0 Å². The Morgan fingerprint density at radius 2 is 2.07 bits per heavy atom. The fourth-order valence-corrected chi connectivity index (χ4v) is 3.98. The third-order valence-electron chi connectivity index (χ3n) is 5.49. The van der Waals surface area contributed by atoms with Crippen LogP contribution < -0.4 is 4.74 Å². The van der Waals surface area contributed by atoms with Crippen molar-refractivity contribution in [3.63, 3.8) is 0 Å². The Morgan fingerprint density at radius 3 is 2.76 bits per heavy atom. The molecule has 152 valence electrons. The number of H-pyrrole nitrogens is 1. The van der Waals surface area contributed by atoms with Crippen molar-refractivity contribution in [3.05, 3.63) is 47.8 Å². The number of nitrogens with zero attached hydrogens (tertiary/aromatic N) is 2. The molecule has 1 amide bonds. The summed E-state index contributed by atoms with van der Waals surface area (Å²) in [6.45, 7) is 0.608. The molecular weight excluding hydrogens is 380 g/mol. The number of methoxy groups -OCH3 is 1. The fourth-order valence-electron chi connectivity index (χ4n) is 3.98. The number of aliphatic hydroxyl groups excluding tert-OH is 1. The SMILES string of the molecule is COc1ccc(F)cc1-c1c(F)cnc2[nH]c(C3CCN(C(=O)CO)CC3)cc12. The largest absolute Gasteiger partial charge is 0.496 e. The summed E-state index contributed by atoms with van der Waals surface area (Å²) < 4.78 is 33.9. The van der Waals surface area contributed by atoms with E-state index in [0.29, 0.717) is 35.4 Å². The maximum absolute atomic E-state index is 14.8. The predicted molar refractivity (Wildman–Crippen MR) is 104 cm³/mol. The van der Waals surface area contributed by atoms with E-state index in [1.807, 2.05) is 6.07 Å². The van der Waals surface area contributed by atoms with Crippen molar-refractivity contribution in [1.82, 2.24) is 14.9 Å². The number of likely N-dealkylation sites (tertiary alicyclic amines) is 1. The first-order chi connectivity index (χ1) is 14.0. The summed E-state index contributed by atoms with van der Waals surface area (Å²) in [4.78, 5) is 20.7. The number of fused-ring (bicyclic) bond motifs is 1. The number of aromatic nitrogens is 2. The first-order valence-corrected chi connectivity index (χ1v) is 9.41. The number of piperidine rings is 1. The zero-order chi connectivity index (χ0) is 20.5. The summed E-state index contributed by atoms with van der Waals surface area (Å²) in [7, 11) is 1.46. The van der Waals surface area contributed by atoms with Crippen molar-refractivity contribution >= 4 is 16.9 Å². The van der Waals surface area contributed by atoms with Gasteiger partial charge in [-0.2, -0.15) is 0 Å². The number of ether oxygens (including phenoxy) is 1. The number of amides is 1. The average molecular weight is 401 g/mol. The van der Waals surface area contributed by atoms with E-state index in [0.717, 1.165) is 24.7 Å². The summed E-state index contributed by atoms with van der Waals surface area (Å²) in [6.07, 6.45) is 2.56. The topological polar surface area (TPSA) is 78.5 Å². The van der Waals surface area contributed by atoms with E-state index in [-0.39, 0.29) is 17.4 Å². The summed E-state index contributed by atoms with van der Waals surface area (Å²) in [6, 6.07) is 5.84. The van der Waals surface area contributed by atoms with Crippen molar-refractivity contribution in [2.24, 2.45) is 0 Å². The lowest BCUT2D eigenvalue weighted by molar-refractivity contribution is -0.135. The molecular formula is C21H21F2N3O3. The van der Waals surface area contributed by atoms with E-state index < -0.39 is 18.2 Å². The number of pyridine rings is 1. The van der Waals surface area contributed by atoms with Crippen LogP contribution in [0.1, 0.15) is 24.5 Å². The van der Waals surface area contributed by atoms with Crippen LogP contribution in [0, 0.1) is 11.6 Å². The Balaban J connectivity index is 1.72. The molecule has 8 heteroatoms. The smallest absolute Gasteiger partial charge is 0.248 e. The zero-order valence-electron chi connectivity index (χ0n) is 15.9. The monoisotopic (exact) mass is 401 g/mol. The van der Waals surface area contributed by atoms with E-state index in [1.54, 1.807) is 4.90 Å². The van der Waals surface area contributed by atoms with Crippen LogP contribution in [0.15, 0.2) is 30.5 Å². The fraction of sp³-hybridized carbons (Fsp3) is 0.333. The zero-order valence-corrected chi connectivity index (χ0v) is 15.9. The first-order valence-electron chi connectivity index (χ1n) is 9.41. The van der Waals surface area contributed by atoms with Gasteiger partial charge in [-0.1, -0.05) is 0 Å². The number of rotatable bonds is 4. The minimum absolute atomic E-state index is 0.150. The molecule has 0 unspecified atom stereocenters. The Morgan fingerprint density at radius 1 is 1.31 bits per heavy atom. The lowest BCUT2D eigenvalue weighted by Gasteiger charge is -2.31. The second-order valence-corrected chi connectivity index (χ2v) is 7.13. The number of hydrogen-bond donors (Lipinski definition) is 2. The van der Waals surface area contributed by atoms with Crippen molar-refractivity contribution < 1.29 is 23.4 Å². The van der Waals surface area contributed by atoms with Gasteiger partial charge in [0.25, 0.3) is 0 Å². The molecule has 2 aromatic heterocycles. The molecule has 3 heterocycles. The van der Waals surface area contributed by atoms with Gasteiger partial charge in [0.2, 0.25) is 5.91 Å². The second kappa shape index (κ2) is 7.79. The molecule has 4 rings (SSSR count).